The summed E-state index contributed by atoms with van der Waals surface area (Å²) < 4.78 is 71.9. The van der Waals surface area contributed by atoms with Crippen molar-refractivity contribution in [3.05, 3.63) is 48.4 Å². The van der Waals surface area contributed by atoms with Crippen molar-refractivity contribution in [3.63, 3.8) is 0 Å². The van der Waals surface area contributed by atoms with Crippen molar-refractivity contribution in [2.45, 2.75) is 17.8 Å². The summed E-state index contributed by atoms with van der Waals surface area (Å²) in [7, 11) is -4.39. The number of carbonyl (C=O) groups is 1. The zero-order valence-corrected chi connectivity index (χ0v) is 13.4. The van der Waals surface area contributed by atoms with E-state index in [2.05, 4.69) is 10.1 Å². The van der Waals surface area contributed by atoms with Gasteiger partial charge in [-0.15, -0.1) is 13.2 Å². The van der Waals surface area contributed by atoms with Gasteiger partial charge in [0.1, 0.15) is 16.4 Å². The minimum atomic E-state index is -5.05. The molecular formula is C14H13F3N2O5S. The quantitative estimate of drug-likeness (QED) is 0.765. The molecule has 2 rings (SSSR count). The third kappa shape index (κ3) is 5.80. The molecule has 0 saturated heterocycles. The Kier molecular flexibility index (Phi) is 5.69. The van der Waals surface area contributed by atoms with Crippen LogP contribution in [0.5, 0.6) is 5.75 Å². The summed E-state index contributed by atoms with van der Waals surface area (Å²) in [6, 6.07) is 7.44. The first-order valence-corrected chi connectivity index (χ1v) is 8.29. The molecule has 0 bridgehead atoms. The van der Waals surface area contributed by atoms with Crippen LogP contribution < -0.4 is 14.8 Å². The summed E-state index contributed by atoms with van der Waals surface area (Å²) in [6.07, 6.45) is -3.65. The lowest BCUT2D eigenvalue weighted by Gasteiger charge is -2.13. The number of sulfonamides is 1. The van der Waals surface area contributed by atoms with E-state index < -0.39 is 39.5 Å². The van der Waals surface area contributed by atoms with E-state index in [1.54, 1.807) is 12.1 Å². The van der Waals surface area contributed by atoms with Crippen molar-refractivity contribution in [1.82, 2.24) is 10.0 Å². The van der Waals surface area contributed by atoms with Crippen LogP contribution in [0, 0.1) is 0 Å². The average Bonchev–Trinajstić information content (AvgIpc) is 3.03. The largest absolute Gasteiger partial charge is 0.573 e. The minimum Gasteiger partial charge on any atom is -0.467 e. The Labute approximate surface area is 140 Å². The maximum atomic E-state index is 12.3. The van der Waals surface area contributed by atoms with Gasteiger partial charge in [0, 0.05) is 0 Å². The van der Waals surface area contributed by atoms with Gasteiger partial charge in [0.15, 0.2) is 0 Å². The number of carbonyl (C=O) groups excluding carboxylic acids is 1. The number of halogens is 3. The summed E-state index contributed by atoms with van der Waals surface area (Å²) in [6.45, 7) is -0.620. The van der Waals surface area contributed by atoms with E-state index in [1.165, 1.54) is 18.4 Å². The molecule has 0 aliphatic rings. The molecule has 136 valence electrons. The van der Waals surface area contributed by atoms with Gasteiger partial charge < -0.3 is 14.5 Å². The highest BCUT2D eigenvalue weighted by molar-refractivity contribution is 7.89. The second kappa shape index (κ2) is 7.57. The van der Waals surface area contributed by atoms with Crippen LogP contribution in [0.2, 0.25) is 0 Å². The molecule has 0 radical (unpaired) electrons. The van der Waals surface area contributed by atoms with Crippen LogP contribution in [0.4, 0.5) is 13.2 Å². The SMILES string of the molecule is O=C(CNS(=O)(=O)c1ccccc1OC(F)(F)F)NCc1ccco1. The van der Waals surface area contributed by atoms with Crippen LogP contribution in [0.3, 0.4) is 0 Å². The molecular weight excluding hydrogens is 365 g/mol. The number of rotatable bonds is 7. The predicted octanol–water partition coefficient (Wildman–Crippen LogP) is 1.77. The molecule has 2 aromatic rings. The molecule has 1 aromatic carbocycles. The molecule has 7 nitrogen and oxygen atoms in total. The van der Waals surface area contributed by atoms with Crippen molar-refractivity contribution < 1.29 is 35.5 Å². The van der Waals surface area contributed by atoms with E-state index in [0.29, 0.717) is 5.76 Å². The van der Waals surface area contributed by atoms with Crippen molar-refractivity contribution in [1.29, 1.82) is 0 Å². The van der Waals surface area contributed by atoms with Gasteiger partial charge >= 0.3 is 6.36 Å². The molecule has 0 unspecified atom stereocenters. The van der Waals surface area contributed by atoms with Crippen molar-refractivity contribution >= 4 is 15.9 Å². The van der Waals surface area contributed by atoms with Crippen LogP contribution in [0.15, 0.2) is 52.0 Å². The summed E-state index contributed by atoms with van der Waals surface area (Å²) in [5.41, 5.74) is 0. The number of benzene rings is 1. The van der Waals surface area contributed by atoms with Gasteiger partial charge in [0.25, 0.3) is 0 Å². The topological polar surface area (TPSA) is 97.6 Å². The van der Waals surface area contributed by atoms with Gasteiger partial charge in [0.05, 0.1) is 19.4 Å². The van der Waals surface area contributed by atoms with Crippen molar-refractivity contribution in [2.24, 2.45) is 0 Å². The highest BCUT2D eigenvalue weighted by Crippen LogP contribution is 2.29. The predicted molar refractivity (Wildman–Crippen MR) is 78.9 cm³/mol. The molecule has 2 N–H and O–H groups in total. The molecule has 1 aromatic heterocycles. The number of alkyl halides is 3. The van der Waals surface area contributed by atoms with Gasteiger partial charge in [-0.05, 0) is 24.3 Å². The number of para-hydroxylation sites is 1. The highest BCUT2D eigenvalue weighted by atomic mass is 32.2. The Morgan fingerprint density at radius 2 is 1.88 bits per heavy atom. The number of amides is 1. The van der Waals surface area contributed by atoms with Crippen LogP contribution in [-0.2, 0) is 21.4 Å². The number of hydrogen-bond acceptors (Lipinski definition) is 5. The van der Waals surface area contributed by atoms with E-state index in [1.807, 2.05) is 4.72 Å². The fourth-order valence-electron chi connectivity index (χ4n) is 1.78. The van der Waals surface area contributed by atoms with Gasteiger partial charge in [-0.2, -0.15) is 0 Å². The van der Waals surface area contributed by atoms with E-state index in [-0.39, 0.29) is 6.54 Å². The summed E-state index contributed by atoms with van der Waals surface area (Å²) in [5, 5.41) is 2.39. The maximum Gasteiger partial charge on any atom is 0.573 e. The van der Waals surface area contributed by atoms with Crippen LogP contribution >= 0.6 is 0 Å². The maximum absolute atomic E-state index is 12.3. The Bertz CT molecular complexity index is 819. The molecule has 11 heteroatoms. The Balaban J connectivity index is 2.00. The van der Waals surface area contributed by atoms with E-state index in [0.717, 1.165) is 12.1 Å². The third-order valence-electron chi connectivity index (χ3n) is 2.83. The highest BCUT2D eigenvalue weighted by Gasteiger charge is 2.34. The number of ether oxygens (including phenoxy) is 1. The molecule has 25 heavy (non-hydrogen) atoms. The Hall–Kier alpha value is -2.53. The van der Waals surface area contributed by atoms with Crippen molar-refractivity contribution in [2.75, 3.05) is 6.54 Å². The van der Waals surface area contributed by atoms with E-state index in [4.69, 9.17) is 4.42 Å². The molecule has 1 amide bonds. The van der Waals surface area contributed by atoms with Crippen LogP contribution in [-0.4, -0.2) is 27.2 Å². The standard InChI is InChI=1S/C14H13F3N2O5S/c15-14(16,17)24-11-5-1-2-6-12(11)25(21,22)19-9-13(20)18-8-10-4-3-7-23-10/h1-7,19H,8-9H2,(H,18,20). The lowest BCUT2D eigenvalue weighted by Crippen LogP contribution is -2.36. The lowest BCUT2D eigenvalue weighted by molar-refractivity contribution is -0.275. The van der Waals surface area contributed by atoms with Crippen LogP contribution in [0.1, 0.15) is 5.76 Å². The summed E-state index contributed by atoms with van der Waals surface area (Å²) in [4.78, 5) is 10.9. The van der Waals surface area contributed by atoms with Gasteiger partial charge in [-0.3, -0.25) is 4.79 Å². The van der Waals surface area contributed by atoms with E-state index >= 15 is 0 Å². The van der Waals surface area contributed by atoms with E-state index in [9.17, 15) is 26.4 Å². The normalized spacial score (nSPS) is 12.0. The molecule has 0 spiro atoms. The van der Waals surface area contributed by atoms with Crippen molar-refractivity contribution in [3.8, 4) is 5.75 Å². The number of hydrogen-bond donors (Lipinski definition) is 2. The number of nitrogens with one attached hydrogen (secondary N) is 2. The zero-order valence-electron chi connectivity index (χ0n) is 12.5. The molecule has 0 fully saturated rings. The summed E-state index contributed by atoms with van der Waals surface area (Å²) >= 11 is 0. The fraction of sp³-hybridized carbons (Fsp3) is 0.214. The Morgan fingerprint density at radius 3 is 2.52 bits per heavy atom. The zero-order chi connectivity index (χ0) is 18.5. The smallest absolute Gasteiger partial charge is 0.467 e. The molecule has 0 aliphatic heterocycles. The first-order chi connectivity index (χ1) is 11.7. The van der Waals surface area contributed by atoms with Gasteiger partial charge in [0.2, 0.25) is 15.9 Å². The third-order valence-corrected chi connectivity index (χ3v) is 4.27. The molecule has 1 heterocycles. The first-order valence-electron chi connectivity index (χ1n) is 6.81. The van der Waals surface area contributed by atoms with Crippen LogP contribution in [0.25, 0.3) is 0 Å². The fourth-order valence-corrected chi connectivity index (χ4v) is 2.89. The Morgan fingerprint density at radius 1 is 1.16 bits per heavy atom. The molecule has 0 saturated carbocycles. The lowest BCUT2D eigenvalue weighted by atomic mass is 10.3. The van der Waals surface area contributed by atoms with Gasteiger partial charge in [-0.25, -0.2) is 13.1 Å². The van der Waals surface area contributed by atoms with Gasteiger partial charge in [-0.1, -0.05) is 12.1 Å². The average molecular weight is 378 g/mol. The monoisotopic (exact) mass is 378 g/mol. The molecule has 0 atom stereocenters. The second-order valence-electron chi connectivity index (χ2n) is 4.68. The second-order valence-corrected chi connectivity index (χ2v) is 6.41. The number of furan rings is 1. The first kappa shape index (κ1) is 18.8. The summed E-state index contributed by atoms with van der Waals surface area (Å²) in [5.74, 6) is -1.12. The minimum absolute atomic E-state index is 0.0430. The molecule has 0 aliphatic carbocycles.